The number of aliphatic hydroxyl groups excluding tert-OH is 2. The lowest BCUT2D eigenvalue weighted by Gasteiger charge is -2.27. The fourth-order valence-corrected chi connectivity index (χ4v) is 5.86. The minimum atomic E-state index is -0.678. The number of hydrogen-bond acceptors (Lipinski definition) is 8. The van der Waals surface area contributed by atoms with Gasteiger partial charge in [-0.15, -0.1) is 11.8 Å². The molecule has 7 nitrogen and oxygen atoms in total. The molecular weight excluding hydrogens is 429 g/mol. The molecule has 0 radical (unpaired) electrons. The Balaban J connectivity index is 1.43. The van der Waals surface area contributed by atoms with Crippen molar-refractivity contribution in [2.75, 3.05) is 35.2 Å². The van der Waals surface area contributed by atoms with E-state index in [0.29, 0.717) is 12.5 Å². The van der Waals surface area contributed by atoms with Crippen molar-refractivity contribution >= 4 is 23.4 Å². The van der Waals surface area contributed by atoms with Crippen molar-refractivity contribution in [1.29, 1.82) is 0 Å². The van der Waals surface area contributed by atoms with Gasteiger partial charge < -0.3 is 25.7 Å². The van der Waals surface area contributed by atoms with Gasteiger partial charge in [-0.3, -0.25) is 0 Å². The van der Waals surface area contributed by atoms with E-state index in [1.165, 1.54) is 12.1 Å². The van der Waals surface area contributed by atoms with E-state index in [1.54, 1.807) is 11.8 Å². The fourth-order valence-electron chi connectivity index (χ4n) is 4.87. The molecule has 3 aliphatic rings. The van der Waals surface area contributed by atoms with Gasteiger partial charge in [0.15, 0.2) is 0 Å². The van der Waals surface area contributed by atoms with Gasteiger partial charge in [-0.05, 0) is 55.6 Å². The number of halogens is 1. The predicted octanol–water partition coefficient (Wildman–Crippen LogP) is 2.39. The summed E-state index contributed by atoms with van der Waals surface area (Å²) >= 11 is 1.64. The molecule has 172 valence electrons. The second kappa shape index (κ2) is 8.78. The number of aliphatic hydroxyl groups is 2. The second-order valence-electron chi connectivity index (χ2n) is 9.09. The Morgan fingerprint density at radius 2 is 2.12 bits per heavy atom. The zero-order valence-corrected chi connectivity index (χ0v) is 18.9. The molecular formula is C23H30FN5O2S. The molecule has 2 aliphatic heterocycles. The number of anilines is 2. The molecule has 2 fully saturated rings. The molecule has 5 rings (SSSR count). The molecule has 32 heavy (non-hydrogen) atoms. The molecule has 9 heteroatoms. The molecule has 3 heterocycles. The van der Waals surface area contributed by atoms with E-state index in [0.717, 1.165) is 72.8 Å². The monoisotopic (exact) mass is 459 g/mol. The topological polar surface area (TPSA) is 98.7 Å². The summed E-state index contributed by atoms with van der Waals surface area (Å²) in [5.41, 5.74) is 8.51. The van der Waals surface area contributed by atoms with E-state index in [2.05, 4.69) is 9.88 Å². The van der Waals surface area contributed by atoms with Crippen LogP contribution in [0.2, 0.25) is 0 Å². The molecule has 1 aliphatic carbocycles. The molecule has 0 bridgehead atoms. The maximum absolute atomic E-state index is 14.1. The molecule has 2 unspecified atom stereocenters. The highest BCUT2D eigenvalue weighted by Crippen LogP contribution is 2.59. The van der Waals surface area contributed by atoms with Crippen molar-refractivity contribution in [2.24, 2.45) is 5.73 Å². The Labute approximate surface area is 191 Å². The third-order valence-electron chi connectivity index (χ3n) is 6.84. The van der Waals surface area contributed by atoms with Crippen LogP contribution in [0.25, 0.3) is 0 Å². The first-order valence-electron chi connectivity index (χ1n) is 11.4. The van der Waals surface area contributed by atoms with E-state index in [9.17, 15) is 9.50 Å². The average Bonchev–Trinajstić information content (AvgIpc) is 3.43. The zero-order valence-electron chi connectivity index (χ0n) is 18.1. The largest absolute Gasteiger partial charge is 0.396 e. The number of rotatable bonds is 8. The van der Waals surface area contributed by atoms with E-state index < -0.39 is 6.23 Å². The van der Waals surface area contributed by atoms with Crippen LogP contribution in [-0.2, 0) is 12.0 Å². The highest BCUT2D eigenvalue weighted by Gasteiger charge is 2.58. The summed E-state index contributed by atoms with van der Waals surface area (Å²) in [7, 11) is 0. The van der Waals surface area contributed by atoms with E-state index in [-0.39, 0.29) is 23.9 Å². The first-order chi connectivity index (χ1) is 15.5. The Bertz CT molecular complexity index is 989. The van der Waals surface area contributed by atoms with Crippen LogP contribution in [0.5, 0.6) is 0 Å². The molecule has 2 atom stereocenters. The Morgan fingerprint density at radius 3 is 2.84 bits per heavy atom. The van der Waals surface area contributed by atoms with Gasteiger partial charge in [-0.1, -0.05) is 6.07 Å². The third-order valence-corrected chi connectivity index (χ3v) is 7.96. The predicted molar refractivity (Wildman–Crippen MR) is 123 cm³/mol. The van der Waals surface area contributed by atoms with Crippen LogP contribution in [0.4, 0.5) is 16.0 Å². The van der Waals surface area contributed by atoms with Gasteiger partial charge in [-0.2, -0.15) is 0 Å². The Hall–Kier alpha value is -1.94. The van der Waals surface area contributed by atoms with Crippen LogP contribution in [-0.4, -0.2) is 57.9 Å². The Kier molecular flexibility index (Phi) is 6.00. The molecule has 1 aromatic heterocycles. The van der Waals surface area contributed by atoms with Crippen LogP contribution in [0.15, 0.2) is 29.4 Å². The Morgan fingerprint density at radius 1 is 1.28 bits per heavy atom. The molecule has 4 N–H and O–H groups in total. The quantitative estimate of drug-likeness (QED) is 0.314. The van der Waals surface area contributed by atoms with E-state index >= 15 is 0 Å². The number of thioether (sulfide) groups is 1. The highest BCUT2D eigenvalue weighted by molar-refractivity contribution is 7.99. The second-order valence-corrected chi connectivity index (χ2v) is 10.2. The van der Waals surface area contributed by atoms with Gasteiger partial charge in [0.2, 0.25) is 5.95 Å². The molecule has 1 spiro atoms. The molecule has 1 aromatic carbocycles. The maximum Gasteiger partial charge on any atom is 0.226 e. The molecule has 1 saturated carbocycles. The average molecular weight is 460 g/mol. The lowest BCUT2D eigenvalue weighted by Crippen LogP contribution is -2.37. The number of nitrogens with zero attached hydrogens (tertiary/aromatic N) is 4. The number of nitrogens with two attached hydrogens (primary N) is 1. The van der Waals surface area contributed by atoms with Crippen molar-refractivity contribution < 1.29 is 14.6 Å². The van der Waals surface area contributed by atoms with Gasteiger partial charge in [0.1, 0.15) is 17.1 Å². The molecule has 2 aromatic rings. The molecule has 1 saturated heterocycles. The lowest BCUT2D eigenvalue weighted by molar-refractivity contribution is 0.137. The van der Waals surface area contributed by atoms with Crippen molar-refractivity contribution in [3.8, 4) is 0 Å². The van der Waals surface area contributed by atoms with Gasteiger partial charge in [0, 0.05) is 55.1 Å². The van der Waals surface area contributed by atoms with Crippen molar-refractivity contribution in [1.82, 2.24) is 9.97 Å². The van der Waals surface area contributed by atoms with Crippen molar-refractivity contribution in [2.45, 2.75) is 61.4 Å². The van der Waals surface area contributed by atoms with Gasteiger partial charge in [0.25, 0.3) is 0 Å². The number of unbranched alkanes of at least 4 members (excludes halogenated alkanes) is 1. The molecule has 0 amide bonds. The normalized spacial score (nSPS) is 23.2. The van der Waals surface area contributed by atoms with Gasteiger partial charge >= 0.3 is 0 Å². The van der Waals surface area contributed by atoms with Crippen LogP contribution in [0, 0.1) is 5.82 Å². The van der Waals surface area contributed by atoms with Crippen LogP contribution in [0.3, 0.4) is 0 Å². The van der Waals surface area contributed by atoms with Gasteiger partial charge in [0.05, 0.1) is 0 Å². The van der Waals surface area contributed by atoms with Crippen molar-refractivity contribution in [3.05, 3.63) is 41.3 Å². The summed E-state index contributed by atoms with van der Waals surface area (Å²) in [6.07, 6.45) is 5.55. The van der Waals surface area contributed by atoms with Crippen LogP contribution >= 0.6 is 11.8 Å². The highest BCUT2D eigenvalue weighted by atomic mass is 32.2. The maximum atomic E-state index is 14.1. The van der Waals surface area contributed by atoms with Crippen molar-refractivity contribution in [3.63, 3.8) is 0 Å². The summed E-state index contributed by atoms with van der Waals surface area (Å²) in [5.74, 6) is 1.22. The fraction of sp³-hybridized carbons (Fsp3) is 0.565. The first-order valence-corrected chi connectivity index (χ1v) is 12.4. The number of aromatic nitrogens is 2. The van der Waals surface area contributed by atoms with E-state index in [4.69, 9.17) is 15.8 Å². The first kappa shape index (κ1) is 21.9. The van der Waals surface area contributed by atoms with Crippen LogP contribution in [0.1, 0.15) is 43.2 Å². The van der Waals surface area contributed by atoms with Gasteiger partial charge in [-0.25, -0.2) is 14.4 Å². The zero-order chi connectivity index (χ0) is 22.3. The third kappa shape index (κ3) is 3.96. The number of fused-ring (bicyclic) bond motifs is 2. The minimum absolute atomic E-state index is 0.139. The summed E-state index contributed by atoms with van der Waals surface area (Å²) in [6, 6.07) is 4.97. The summed E-state index contributed by atoms with van der Waals surface area (Å²) in [4.78, 5) is 13.5. The lowest BCUT2D eigenvalue weighted by atomic mass is 9.97. The van der Waals surface area contributed by atoms with E-state index in [1.807, 2.05) is 17.2 Å². The standard InChI is InChI=1S/C23H30FN5O2S/c24-16-3-4-18-19(11-16)29(21(31)23(18)6-7-23)13-15-12-26-22(28-8-5-17(25)14-28)27-20(15)32-10-2-1-9-30/h3-4,11-12,17,21,30-31H,1-2,5-10,13-14,25H2. The minimum Gasteiger partial charge on any atom is -0.396 e. The number of benzene rings is 1. The van der Waals surface area contributed by atoms with Crippen LogP contribution < -0.4 is 15.5 Å². The SMILES string of the molecule is NC1CCN(c2ncc(CN3c4cc(F)ccc4C4(CC4)C3O)c(SCCCCO)n2)C1. The summed E-state index contributed by atoms with van der Waals surface area (Å²) in [5, 5.41) is 21.1. The smallest absolute Gasteiger partial charge is 0.226 e. The number of hydrogen-bond donors (Lipinski definition) is 3. The summed E-state index contributed by atoms with van der Waals surface area (Å²) in [6.45, 7) is 2.18. The summed E-state index contributed by atoms with van der Waals surface area (Å²) < 4.78 is 14.1.